The maximum Gasteiger partial charge on any atom is 0.0799 e. The van der Waals surface area contributed by atoms with Gasteiger partial charge in [-0.25, -0.2) is 0 Å². The van der Waals surface area contributed by atoms with Crippen molar-refractivity contribution in [3.63, 3.8) is 0 Å². The van der Waals surface area contributed by atoms with E-state index in [0.29, 0.717) is 0 Å². The Balaban J connectivity index is 3.56. The topological polar surface area (TPSA) is 52.0 Å². The van der Waals surface area contributed by atoms with E-state index in [4.69, 9.17) is 11.5 Å². The highest BCUT2D eigenvalue weighted by Crippen LogP contribution is 1.87. The van der Waals surface area contributed by atoms with Gasteiger partial charge < -0.3 is 11.5 Å². The lowest BCUT2D eigenvalue weighted by Crippen LogP contribution is -2.43. The van der Waals surface area contributed by atoms with Crippen LogP contribution >= 0.6 is 0 Å². The fourth-order valence-corrected chi connectivity index (χ4v) is 0.359. The molecule has 2 nitrogen and oxygen atoms in total. The average molecular weight is 100 g/mol. The van der Waals surface area contributed by atoms with Crippen LogP contribution in [0.15, 0.2) is 12.2 Å². The summed E-state index contributed by atoms with van der Waals surface area (Å²) >= 11 is 0. The standard InChI is InChI=1S/C5H12N2/c1-3-4-5(2,6)7/h3-4H,6-7H2,1-2H3. The molecule has 0 spiro atoms. The van der Waals surface area contributed by atoms with Crippen LogP contribution in [0.3, 0.4) is 0 Å². The Morgan fingerprint density at radius 2 is 1.86 bits per heavy atom. The fourth-order valence-electron chi connectivity index (χ4n) is 0.359. The normalized spacial score (nSPS) is 13.1. The third-order valence-electron chi connectivity index (χ3n) is 0.526. The molecule has 0 atom stereocenters. The molecule has 0 aliphatic carbocycles. The lowest BCUT2D eigenvalue weighted by Gasteiger charge is -2.10. The van der Waals surface area contributed by atoms with E-state index >= 15 is 0 Å². The van der Waals surface area contributed by atoms with Crippen molar-refractivity contribution in [2.45, 2.75) is 19.5 Å². The molecule has 2 heteroatoms. The lowest BCUT2D eigenvalue weighted by atomic mass is 10.2. The smallest absolute Gasteiger partial charge is 0.0799 e. The van der Waals surface area contributed by atoms with E-state index in [1.807, 2.05) is 13.0 Å². The summed E-state index contributed by atoms with van der Waals surface area (Å²) < 4.78 is 0. The van der Waals surface area contributed by atoms with Crippen LogP contribution in [-0.2, 0) is 0 Å². The van der Waals surface area contributed by atoms with Gasteiger partial charge in [0, 0.05) is 0 Å². The largest absolute Gasteiger partial charge is 0.310 e. The van der Waals surface area contributed by atoms with Crippen LogP contribution in [0, 0.1) is 0 Å². The molecule has 0 aromatic rings. The Hall–Kier alpha value is -0.340. The van der Waals surface area contributed by atoms with Crippen molar-refractivity contribution in [2.75, 3.05) is 0 Å². The van der Waals surface area contributed by atoms with E-state index in [1.54, 1.807) is 13.0 Å². The number of allylic oxidation sites excluding steroid dienone is 1. The van der Waals surface area contributed by atoms with Gasteiger partial charge in [-0.05, 0) is 13.8 Å². The molecule has 0 heterocycles. The van der Waals surface area contributed by atoms with Gasteiger partial charge in [0.1, 0.15) is 0 Å². The first-order valence-electron chi connectivity index (χ1n) is 2.28. The third kappa shape index (κ3) is 5.66. The third-order valence-corrected chi connectivity index (χ3v) is 0.526. The molecular weight excluding hydrogens is 88.1 g/mol. The van der Waals surface area contributed by atoms with E-state index in [1.165, 1.54) is 0 Å². The van der Waals surface area contributed by atoms with Crippen molar-refractivity contribution < 1.29 is 0 Å². The van der Waals surface area contributed by atoms with E-state index in [2.05, 4.69) is 0 Å². The van der Waals surface area contributed by atoms with Gasteiger partial charge in [-0.15, -0.1) is 0 Å². The van der Waals surface area contributed by atoms with Gasteiger partial charge in [0.25, 0.3) is 0 Å². The number of rotatable bonds is 1. The molecule has 0 aliphatic heterocycles. The zero-order valence-electron chi connectivity index (χ0n) is 4.81. The summed E-state index contributed by atoms with van der Waals surface area (Å²) in [4.78, 5) is 0. The highest BCUT2D eigenvalue weighted by Gasteiger charge is 2.01. The molecule has 0 bridgehead atoms. The number of hydrogen-bond acceptors (Lipinski definition) is 2. The fraction of sp³-hybridized carbons (Fsp3) is 0.600. The van der Waals surface area contributed by atoms with Crippen molar-refractivity contribution in [3.05, 3.63) is 12.2 Å². The molecule has 0 unspecified atom stereocenters. The van der Waals surface area contributed by atoms with E-state index in [-0.39, 0.29) is 0 Å². The Kier molecular flexibility index (Phi) is 1.99. The van der Waals surface area contributed by atoms with E-state index in [0.717, 1.165) is 0 Å². The molecule has 0 aromatic carbocycles. The minimum atomic E-state index is -0.630. The molecule has 0 saturated heterocycles. The van der Waals surface area contributed by atoms with Crippen LogP contribution in [0.4, 0.5) is 0 Å². The molecule has 0 amide bonds. The highest BCUT2D eigenvalue weighted by atomic mass is 14.9. The van der Waals surface area contributed by atoms with Gasteiger partial charge >= 0.3 is 0 Å². The van der Waals surface area contributed by atoms with Crippen molar-refractivity contribution in [2.24, 2.45) is 11.5 Å². The molecule has 0 radical (unpaired) electrons. The highest BCUT2D eigenvalue weighted by molar-refractivity contribution is 4.95. The maximum atomic E-state index is 5.34. The quantitative estimate of drug-likeness (QED) is 0.365. The van der Waals surface area contributed by atoms with Gasteiger partial charge in [-0.3, -0.25) is 0 Å². The predicted octanol–water partition coefficient (Wildman–Crippen LogP) is 0.196. The first-order valence-corrected chi connectivity index (χ1v) is 2.28. The molecular formula is C5H12N2. The van der Waals surface area contributed by atoms with Gasteiger partial charge in [0.15, 0.2) is 0 Å². The van der Waals surface area contributed by atoms with Crippen LogP contribution in [0.5, 0.6) is 0 Å². The van der Waals surface area contributed by atoms with Crippen molar-refractivity contribution in [1.82, 2.24) is 0 Å². The Bertz CT molecular complexity index is 68.6. The summed E-state index contributed by atoms with van der Waals surface area (Å²) in [5.74, 6) is 0. The lowest BCUT2D eigenvalue weighted by molar-refractivity contribution is 0.616. The zero-order valence-corrected chi connectivity index (χ0v) is 4.81. The van der Waals surface area contributed by atoms with Crippen LogP contribution in [-0.4, -0.2) is 5.66 Å². The van der Waals surface area contributed by atoms with Crippen LogP contribution < -0.4 is 11.5 Å². The average Bonchev–Trinajstić information content (AvgIpc) is 1.30. The summed E-state index contributed by atoms with van der Waals surface area (Å²) in [7, 11) is 0. The van der Waals surface area contributed by atoms with Crippen LogP contribution in [0.1, 0.15) is 13.8 Å². The maximum absolute atomic E-state index is 5.34. The molecule has 7 heavy (non-hydrogen) atoms. The van der Waals surface area contributed by atoms with Crippen molar-refractivity contribution in [3.8, 4) is 0 Å². The Morgan fingerprint density at radius 1 is 1.43 bits per heavy atom. The summed E-state index contributed by atoms with van der Waals surface area (Å²) in [6.07, 6.45) is 3.58. The summed E-state index contributed by atoms with van der Waals surface area (Å²) in [5, 5.41) is 0. The minimum Gasteiger partial charge on any atom is -0.310 e. The second-order valence-electron chi connectivity index (χ2n) is 1.87. The molecule has 0 rings (SSSR count). The SMILES string of the molecule is CC=CC(C)(N)N. The predicted molar refractivity (Wildman–Crippen MR) is 31.6 cm³/mol. The first kappa shape index (κ1) is 6.66. The van der Waals surface area contributed by atoms with Crippen LogP contribution in [0.2, 0.25) is 0 Å². The molecule has 4 N–H and O–H groups in total. The Labute approximate surface area is 44.2 Å². The van der Waals surface area contributed by atoms with Gasteiger partial charge in [-0.2, -0.15) is 0 Å². The van der Waals surface area contributed by atoms with Crippen LogP contribution in [0.25, 0.3) is 0 Å². The van der Waals surface area contributed by atoms with E-state index in [9.17, 15) is 0 Å². The van der Waals surface area contributed by atoms with Gasteiger partial charge in [-0.1, -0.05) is 12.2 Å². The summed E-state index contributed by atoms with van der Waals surface area (Å²) in [6.45, 7) is 3.63. The minimum absolute atomic E-state index is 0.630. The Morgan fingerprint density at radius 3 is 1.86 bits per heavy atom. The van der Waals surface area contributed by atoms with Crippen molar-refractivity contribution in [1.29, 1.82) is 0 Å². The monoisotopic (exact) mass is 100 g/mol. The second-order valence-corrected chi connectivity index (χ2v) is 1.87. The molecule has 42 valence electrons. The number of hydrogen-bond donors (Lipinski definition) is 2. The second kappa shape index (κ2) is 2.09. The van der Waals surface area contributed by atoms with Crippen molar-refractivity contribution >= 4 is 0 Å². The molecule has 0 aromatic heterocycles. The summed E-state index contributed by atoms with van der Waals surface area (Å²) in [6, 6.07) is 0. The first-order chi connectivity index (χ1) is 3.06. The summed E-state index contributed by atoms with van der Waals surface area (Å²) in [5.41, 5.74) is 10.0. The molecule has 0 saturated carbocycles. The molecule has 0 fully saturated rings. The van der Waals surface area contributed by atoms with E-state index < -0.39 is 5.66 Å². The molecule has 0 aliphatic rings. The zero-order chi connectivity index (χ0) is 5.91. The number of nitrogens with two attached hydrogens (primary N) is 2. The van der Waals surface area contributed by atoms with Gasteiger partial charge in [0.05, 0.1) is 5.66 Å². The van der Waals surface area contributed by atoms with Gasteiger partial charge in [0.2, 0.25) is 0 Å².